The van der Waals surface area contributed by atoms with Gasteiger partial charge in [-0.3, -0.25) is 10.1 Å². The lowest BCUT2D eigenvalue weighted by Crippen LogP contribution is -2.24. The zero-order valence-corrected chi connectivity index (χ0v) is 10.4. The molecule has 0 spiro atoms. The fraction of sp³-hybridized carbons (Fsp3) is 0.500. The van der Waals surface area contributed by atoms with Crippen molar-refractivity contribution < 1.29 is 4.92 Å². The predicted molar refractivity (Wildman–Crippen MR) is 69.7 cm³/mol. The number of nitriles is 1. The van der Waals surface area contributed by atoms with Gasteiger partial charge in [-0.25, -0.2) is 4.98 Å². The van der Waals surface area contributed by atoms with Crippen LogP contribution in [0.2, 0.25) is 0 Å². The van der Waals surface area contributed by atoms with Gasteiger partial charge < -0.3 is 10.6 Å². The number of pyridine rings is 1. The molecule has 1 aliphatic rings. The first-order valence-corrected chi connectivity index (χ1v) is 6.23. The minimum Gasteiger partial charge on any atom is -0.364 e. The van der Waals surface area contributed by atoms with Crippen LogP contribution >= 0.6 is 0 Å². The Morgan fingerprint density at radius 2 is 2.53 bits per heavy atom. The maximum atomic E-state index is 11.0. The fourth-order valence-electron chi connectivity index (χ4n) is 2.23. The van der Waals surface area contributed by atoms with E-state index >= 15 is 0 Å². The second-order valence-corrected chi connectivity index (χ2v) is 4.43. The van der Waals surface area contributed by atoms with Gasteiger partial charge in [0.15, 0.2) is 0 Å². The molecule has 2 N–H and O–H groups in total. The summed E-state index contributed by atoms with van der Waals surface area (Å²) in [6.45, 7) is 1.63. The standard InChI is InChI=1S/C12H15N5O2/c13-8-9-3-6-15-12(11(9)17(18)19)16-7-4-10-2-1-5-14-10/h3,6,10,14H,1-2,4-5,7H2,(H,15,16)/t10-/m0/s1. The van der Waals surface area contributed by atoms with Crippen molar-refractivity contribution in [1.29, 1.82) is 5.26 Å². The van der Waals surface area contributed by atoms with Crippen LogP contribution in [-0.4, -0.2) is 29.0 Å². The summed E-state index contributed by atoms with van der Waals surface area (Å²) in [5.74, 6) is 0.169. The van der Waals surface area contributed by atoms with Crippen molar-refractivity contribution in [1.82, 2.24) is 10.3 Å². The van der Waals surface area contributed by atoms with Gasteiger partial charge >= 0.3 is 5.69 Å². The molecule has 1 saturated heterocycles. The SMILES string of the molecule is N#Cc1ccnc(NCC[C@@H]2CCCN2)c1[N+](=O)[O-]. The van der Waals surface area contributed by atoms with Crippen molar-refractivity contribution in [3.8, 4) is 6.07 Å². The number of nitro groups is 1. The average molecular weight is 261 g/mol. The minimum atomic E-state index is -0.568. The molecular weight excluding hydrogens is 246 g/mol. The van der Waals surface area contributed by atoms with E-state index in [2.05, 4.69) is 15.6 Å². The lowest BCUT2D eigenvalue weighted by molar-refractivity contribution is -0.384. The van der Waals surface area contributed by atoms with E-state index in [0.29, 0.717) is 12.6 Å². The Morgan fingerprint density at radius 3 is 3.16 bits per heavy atom. The quantitative estimate of drug-likeness (QED) is 0.613. The molecule has 1 aromatic rings. The number of hydrogen-bond acceptors (Lipinski definition) is 6. The van der Waals surface area contributed by atoms with Crippen LogP contribution in [0.4, 0.5) is 11.5 Å². The summed E-state index contributed by atoms with van der Waals surface area (Å²) in [5.41, 5.74) is -0.217. The van der Waals surface area contributed by atoms with Crippen LogP contribution in [0, 0.1) is 21.4 Å². The summed E-state index contributed by atoms with van der Waals surface area (Å²) < 4.78 is 0. The molecule has 2 rings (SSSR count). The topological polar surface area (TPSA) is 104 Å². The number of anilines is 1. The van der Waals surface area contributed by atoms with Crippen molar-refractivity contribution in [3.05, 3.63) is 27.9 Å². The first-order chi connectivity index (χ1) is 9.22. The lowest BCUT2D eigenvalue weighted by atomic mass is 10.1. The summed E-state index contributed by atoms with van der Waals surface area (Å²) in [4.78, 5) is 14.4. The second kappa shape index (κ2) is 6.11. The van der Waals surface area contributed by atoms with Crippen molar-refractivity contribution in [2.45, 2.75) is 25.3 Å². The van der Waals surface area contributed by atoms with Crippen LogP contribution in [0.3, 0.4) is 0 Å². The van der Waals surface area contributed by atoms with Gasteiger partial charge in [0.05, 0.1) is 4.92 Å². The van der Waals surface area contributed by atoms with Gasteiger partial charge in [0.1, 0.15) is 11.6 Å². The Hall–Kier alpha value is -2.20. The van der Waals surface area contributed by atoms with E-state index in [9.17, 15) is 10.1 Å². The van der Waals surface area contributed by atoms with Crippen molar-refractivity contribution in [2.24, 2.45) is 0 Å². The number of nitrogens with one attached hydrogen (secondary N) is 2. The maximum absolute atomic E-state index is 11.0. The molecule has 7 heteroatoms. The van der Waals surface area contributed by atoms with Crippen LogP contribution in [0.5, 0.6) is 0 Å². The van der Waals surface area contributed by atoms with Crippen LogP contribution in [0.15, 0.2) is 12.3 Å². The van der Waals surface area contributed by atoms with Gasteiger partial charge in [0.25, 0.3) is 0 Å². The smallest absolute Gasteiger partial charge is 0.328 e. The zero-order chi connectivity index (χ0) is 13.7. The van der Waals surface area contributed by atoms with Gasteiger partial charge in [0.2, 0.25) is 5.82 Å². The Labute approximate surface area is 110 Å². The Kier molecular flexibility index (Phi) is 4.26. The summed E-state index contributed by atoms with van der Waals surface area (Å²) in [6.07, 6.45) is 4.60. The molecule has 0 amide bonds. The van der Waals surface area contributed by atoms with Gasteiger partial charge in [-0.1, -0.05) is 0 Å². The molecule has 0 aliphatic carbocycles. The minimum absolute atomic E-state index is 0.0292. The third kappa shape index (κ3) is 3.17. The molecule has 1 aromatic heterocycles. The third-order valence-electron chi connectivity index (χ3n) is 3.17. The highest BCUT2D eigenvalue weighted by molar-refractivity contribution is 5.63. The number of hydrogen-bond donors (Lipinski definition) is 2. The van der Waals surface area contributed by atoms with Gasteiger partial charge in [-0.05, 0) is 31.9 Å². The molecule has 0 unspecified atom stereocenters. The van der Waals surface area contributed by atoms with Gasteiger partial charge in [0, 0.05) is 18.8 Å². The third-order valence-corrected chi connectivity index (χ3v) is 3.17. The molecular formula is C12H15N5O2. The van der Waals surface area contributed by atoms with Crippen molar-refractivity contribution in [3.63, 3.8) is 0 Å². The number of rotatable bonds is 5. The Bertz CT molecular complexity index is 505. The molecule has 0 aromatic carbocycles. The molecule has 7 nitrogen and oxygen atoms in total. The molecule has 2 heterocycles. The lowest BCUT2D eigenvalue weighted by Gasteiger charge is -2.11. The van der Waals surface area contributed by atoms with E-state index in [1.165, 1.54) is 18.7 Å². The molecule has 0 radical (unpaired) electrons. The van der Waals surface area contributed by atoms with Gasteiger partial charge in [-0.15, -0.1) is 0 Å². The Morgan fingerprint density at radius 1 is 1.68 bits per heavy atom. The summed E-state index contributed by atoms with van der Waals surface area (Å²) >= 11 is 0. The fourth-order valence-corrected chi connectivity index (χ4v) is 2.23. The largest absolute Gasteiger partial charge is 0.364 e. The van der Waals surface area contributed by atoms with E-state index in [1.54, 1.807) is 0 Å². The molecule has 1 fully saturated rings. The maximum Gasteiger partial charge on any atom is 0.328 e. The molecule has 0 saturated carbocycles. The molecule has 1 aliphatic heterocycles. The van der Waals surface area contributed by atoms with Crippen LogP contribution in [0.1, 0.15) is 24.8 Å². The molecule has 1 atom stereocenters. The molecule has 100 valence electrons. The second-order valence-electron chi connectivity index (χ2n) is 4.43. The van der Waals surface area contributed by atoms with Crippen molar-refractivity contribution >= 4 is 11.5 Å². The first-order valence-electron chi connectivity index (χ1n) is 6.23. The average Bonchev–Trinajstić information content (AvgIpc) is 2.91. The monoisotopic (exact) mass is 261 g/mol. The van der Waals surface area contributed by atoms with E-state index < -0.39 is 4.92 Å². The molecule has 19 heavy (non-hydrogen) atoms. The highest BCUT2D eigenvalue weighted by Gasteiger charge is 2.21. The van der Waals surface area contributed by atoms with Gasteiger partial charge in [-0.2, -0.15) is 5.26 Å². The van der Waals surface area contributed by atoms with Crippen LogP contribution in [0.25, 0.3) is 0 Å². The molecule has 0 bridgehead atoms. The summed E-state index contributed by atoms with van der Waals surface area (Å²) in [6, 6.07) is 3.63. The van der Waals surface area contributed by atoms with Crippen molar-refractivity contribution in [2.75, 3.05) is 18.4 Å². The predicted octanol–water partition coefficient (Wildman–Crippen LogP) is 1.42. The van der Waals surface area contributed by atoms with Crippen LogP contribution < -0.4 is 10.6 Å². The summed E-state index contributed by atoms with van der Waals surface area (Å²) in [7, 11) is 0. The zero-order valence-electron chi connectivity index (χ0n) is 10.4. The Balaban J connectivity index is 2.03. The highest BCUT2D eigenvalue weighted by Crippen LogP contribution is 2.25. The number of aromatic nitrogens is 1. The number of nitrogens with zero attached hydrogens (tertiary/aromatic N) is 3. The van der Waals surface area contributed by atoms with E-state index in [0.717, 1.165) is 19.4 Å². The van der Waals surface area contributed by atoms with E-state index in [-0.39, 0.29) is 17.1 Å². The normalized spacial score (nSPS) is 17.9. The van der Waals surface area contributed by atoms with E-state index in [4.69, 9.17) is 5.26 Å². The van der Waals surface area contributed by atoms with E-state index in [1.807, 2.05) is 6.07 Å². The summed E-state index contributed by atoms with van der Waals surface area (Å²) in [5, 5.41) is 26.2. The first kappa shape index (κ1) is 13.2. The van der Waals surface area contributed by atoms with Crippen LogP contribution in [-0.2, 0) is 0 Å². The highest BCUT2D eigenvalue weighted by atomic mass is 16.6.